The van der Waals surface area contributed by atoms with Crippen molar-refractivity contribution in [3.8, 4) is 0 Å². The van der Waals surface area contributed by atoms with Gasteiger partial charge in [0.15, 0.2) is 5.96 Å². The summed E-state index contributed by atoms with van der Waals surface area (Å²) in [5.74, 6) is 1.06. The minimum absolute atomic E-state index is 0.524. The molecule has 0 spiro atoms. The maximum absolute atomic E-state index is 4.52. The van der Waals surface area contributed by atoms with Crippen LogP contribution in [0.25, 0.3) is 0 Å². The van der Waals surface area contributed by atoms with Gasteiger partial charge in [-0.15, -0.1) is 0 Å². The van der Waals surface area contributed by atoms with E-state index in [0.717, 1.165) is 51.6 Å². The van der Waals surface area contributed by atoms with Crippen LogP contribution < -0.4 is 5.32 Å². The number of aliphatic imine (C=N–C) groups is 1. The second kappa shape index (κ2) is 12.1. The molecule has 1 aliphatic heterocycles. The van der Waals surface area contributed by atoms with Gasteiger partial charge in [0.1, 0.15) is 0 Å². The Morgan fingerprint density at radius 2 is 1.79 bits per heavy atom. The van der Waals surface area contributed by atoms with Gasteiger partial charge < -0.3 is 15.1 Å². The third-order valence-corrected chi connectivity index (χ3v) is 5.94. The van der Waals surface area contributed by atoms with Crippen molar-refractivity contribution >= 4 is 5.96 Å². The van der Waals surface area contributed by atoms with Crippen LogP contribution in [0, 0.1) is 0 Å². The Balaban J connectivity index is 1.74. The molecule has 1 aliphatic rings. The molecule has 1 aromatic rings. The predicted octanol–water partition coefficient (Wildman–Crippen LogP) is 3.45. The van der Waals surface area contributed by atoms with Crippen molar-refractivity contribution < 1.29 is 0 Å². The van der Waals surface area contributed by atoms with Gasteiger partial charge in [0.2, 0.25) is 0 Å². The zero-order valence-electron chi connectivity index (χ0n) is 18.7. The van der Waals surface area contributed by atoms with E-state index < -0.39 is 0 Å². The summed E-state index contributed by atoms with van der Waals surface area (Å²) in [6.45, 7) is 13.2. The maximum Gasteiger partial charge on any atom is 0.193 e. The molecule has 0 amide bonds. The van der Waals surface area contributed by atoms with E-state index in [4.69, 9.17) is 0 Å². The van der Waals surface area contributed by atoms with E-state index in [9.17, 15) is 0 Å². The zero-order chi connectivity index (χ0) is 20.4. The fraction of sp³-hybridized carbons (Fsp3) is 0.696. The molecule has 0 aromatic heterocycles. The van der Waals surface area contributed by atoms with E-state index in [-0.39, 0.29) is 0 Å². The van der Waals surface area contributed by atoms with Gasteiger partial charge in [-0.05, 0) is 52.3 Å². The van der Waals surface area contributed by atoms with Crippen molar-refractivity contribution in [1.29, 1.82) is 0 Å². The summed E-state index contributed by atoms with van der Waals surface area (Å²) in [4.78, 5) is 12.0. The highest BCUT2D eigenvalue weighted by Crippen LogP contribution is 2.25. The third kappa shape index (κ3) is 6.78. The van der Waals surface area contributed by atoms with Gasteiger partial charge >= 0.3 is 0 Å². The maximum atomic E-state index is 4.52. The van der Waals surface area contributed by atoms with Crippen molar-refractivity contribution in [3.63, 3.8) is 0 Å². The molecule has 158 valence electrons. The van der Waals surface area contributed by atoms with Crippen LogP contribution in [-0.4, -0.2) is 80.1 Å². The summed E-state index contributed by atoms with van der Waals surface area (Å²) >= 11 is 0. The number of piperazine rings is 1. The summed E-state index contributed by atoms with van der Waals surface area (Å²) in [5.41, 5.74) is 1.44. The average Bonchev–Trinajstić information content (AvgIpc) is 2.72. The minimum Gasteiger partial charge on any atom is -0.356 e. The highest BCUT2D eigenvalue weighted by molar-refractivity contribution is 5.79. The monoisotopic (exact) mass is 387 g/mol. The Morgan fingerprint density at radius 1 is 1.11 bits per heavy atom. The Morgan fingerprint density at radius 3 is 2.36 bits per heavy atom. The number of hydrogen-bond acceptors (Lipinski definition) is 3. The molecule has 0 aliphatic carbocycles. The molecular formula is C23H41N5. The first-order chi connectivity index (χ1) is 13.6. The number of hydrogen-bond donors (Lipinski definition) is 1. The molecule has 1 aromatic carbocycles. The average molecular weight is 388 g/mol. The summed E-state index contributed by atoms with van der Waals surface area (Å²) in [6.07, 6.45) is 3.56. The van der Waals surface area contributed by atoms with Gasteiger partial charge in [0.25, 0.3) is 0 Å². The van der Waals surface area contributed by atoms with E-state index in [0.29, 0.717) is 12.1 Å². The van der Waals surface area contributed by atoms with Gasteiger partial charge in [-0.3, -0.25) is 9.89 Å². The van der Waals surface area contributed by atoms with Crippen LogP contribution in [0.3, 0.4) is 0 Å². The lowest BCUT2D eigenvalue weighted by atomic mass is 10.0. The van der Waals surface area contributed by atoms with Crippen LogP contribution in [0.4, 0.5) is 0 Å². The van der Waals surface area contributed by atoms with E-state index in [2.05, 4.69) is 83.2 Å². The molecule has 28 heavy (non-hydrogen) atoms. The van der Waals surface area contributed by atoms with Crippen LogP contribution in [0.15, 0.2) is 35.3 Å². The van der Waals surface area contributed by atoms with Crippen LogP contribution in [0.2, 0.25) is 0 Å². The Kier molecular flexibility index (Phi) is 9.79. The standard InChI is InChI=1S/C23H41N5/c1-6-22(21-12-8-7-9-13-21)27-16-18-28(19-17-27)23(24-4)25-14-10-11-15-26(5)20(2)3/h7-9,12-13,20,22H,6,10-11,14-19H2,1-5H3,(H,24,25). The summed E-state index contributed by atoms with van der Waals surface area (Å²) in [5, 5.41) is 3.57. The molecule has 1 heterocycles. The van der Waals surface area contributed by atoms with E-state index in [1.54, 1.807) is 0 Å². The predicted molar refractivity (Wildman–Crippen MR) is 121 cm³/mol. The summed E-state index contributed by atoms with van der Waals surface area (Å²) in [7, 11) is 4.11. The van der Waals surface area contributed by atoms with Gasteiger partial charge in [-0.1, -0.05) is 37.3 Å². The fourth-order valence-corrected chi connectivity index (χ4v) is 3.90. The number of rotatable bonds is 9. The van der Waals surface area contributed by atoms with Crippen LogP contribution >= 0.6 is 0 Å². The first-order valence-electron chi connectivity index (χ1n) is 11.0. The highest BCUT2D eigenvalue weighted by atomic mass is 15.3. The van der Waals surface area contributed by atoms with Crippen molar-refractivity contribution in [1.82, 2.24) is 20.0 Å². The quantitative estimate of drug-likeness (QED) is 0.400. The van der Waals surface area contributed by atoms with Gasteiger partial charge in [-0.2, -0.15) is 0 Å². The molecule has 1 atom stereocenters. The van der Waals surface area contributed by atoms with E-state index in [1.165, 1.54) is 18.4 Å². The number of unbranched alkanes of at least 4 members (excludes halogenated alkanes) is 1. The third-order valence-electron chi connectivity index (χ3n) is 5.94. The number of guanidine groups is 1. The lowest BCUT2D eigenvalue weighted by Gasteiger charge is -2.40. The second-order valence-corrected chi connectivity index (χ2v) is 8.11. The van der Waals surface area contributed by atoms with Gasteiger partial charge in [0, 0.05) is 51.9 Å². The molecule has 1 N–H and O–H groups in total. The summed E-state index contributed by atoms with van der Waals surface area (Å²) in [6, 6.07) is 12.1. The topological polar surface area (TPSA) is 34.1 Å². The normalized spacial score (nSPS) is 17.4. The fourth-order valence-electron chi connectivity index (χ4n) is 3.90. The van der Waals surface area contributed by atoms with Crippen LogP contribution in [-0.2, 0) is 0 Å². The van der Waals surface area contributed by atoms with E-state index >= 15 is 0 Å². The summed E-state index contributed by atoms with van der Waals surface area (Å²) < 4.78 is 0. The molecule has 1 unspecified atom stereocenters. The lowest BCUT2D eigenvalue weighted by Crippen LogP contribution is -2.53. The molecule has 5 heteroatoms. The number of nitrogens with one attached hydrogen (secondary N) is 1. The Bertz CT molecular complexity index is 564. The molecule has 1 saturated heterocycles. The second-order valence-electron chi connectivity index (χ2n) is 8.11. The van der Waals surface area contributed by atoms with Gasteiger partial charge in [0.05, 0.1) is 0 Å². The molecular weight excluding hydrogens is 346 g/mol. The molecule has 0 radical (unpaired) electrons. The van der Waals surface area contributed by atoms with Crippen molar-refractivity contribution in [2.75, 3.05) is 53.4 Å². The Hall–Kier alpha value is -1.59. The molecule has 0 bridgehead atoms. The SMILES string of the molecule is CCC(c1ccccc1)N1CCN(C(=NC)NCCCCN(C)C(C)C)CC1. The van der Waals surface area contributed by atoms with Crippen LogP contribution in [0.1, 0.15) is 51.6 Å². The number of benzene rings is 1. The lowest BCUT2D eigenvalue weighted by molar-refractivity contribution is 0.127. The van der Waals surface area contributed by atoms with Crippen LogP contribution in [0.5, 0.6) is 0 Å². The van der Waals surface area contributed by atoms with Crippen molar-refractivity contribution in [3.05, 3.63) is 35.9 Å². The Labute approximate surface area is 172 Å². The molecule has 5 nitrogen and oxygen atoms in total. The largest absolute Gasteiger partial charge is 0.356 e. The van der Waals surface area contributed by atoms with Crippen molar-refractivity contribution in [2.24, 2.45) is 4.99 Å². The first kappa shape index (κ1) is 22.7. The minimum atomic E-state index is 0.524. The van der Waals surface area contributed by atoms with Crippen molar-refractivity contribution in [2.45, 2.75) is 52.1 Å². The zero-order valence-corrected chi connectivity index (χ0v) is 18.7. The van der Waals surface area contributed by atoms with E-state index in [1.807, 2.05) is 7.05 Å². The first-order valence-corrected chi connectivity index (χ1v) is 11.0. The molecule has 2 rings (SSSR count). The van der Waals surface area contributed by atoms with Gasteiger partial charge in [-0.25, -0.2) is 0 Å². The molecule has 1 fully saturated rings. The number of nitrogens with zero attached hydrogens (tertiary/aromatic N) is 4. The smallest absolute Gasteiger partial charge is 0.193 e. The highest BCUT2D eigenvalue weighted by Gasteiger charge is 2.25. The molecule has 0 saturated carbocycles.